The molecule has 0 fully saturated rings. The van der Waals surface area contributed by atoms with Crippen molar-refractivity contribution in [3.05, 3.63) is 58.6 Å². The highest BCUT2D eigenvalue weighted by atomic mass is 35.5. The zero-order valence-corrected chi connectivity index (χ0v) is 16.1. The fourth-order valence-electron chi connectivity index (χ4n) is 2.41. The van der Waals surface area contributed by atoms with E-state index in [-0.39, 0.29) is 23.8 Å². The maximum absolute atomic E-state index is 12.4. The first-order valence-electron chi connectivity index (χ1n) is 8.23. The summed E-state index contributed by atoms with van der Waals surface area (Å²) in [7, 11) is 1.54. The summed E-state index contributed by atoms with van der Waals surface area (Å²) in [6, 6.07) is 12.0. The third-order valence-electron chi connectivity index (χ3n) is 3.49. The van der Waals surface area contributed by atoms with Crippen molar-refractivity contribution in [2.75, 3.05) is 12.4 Å². The van der Waals surface area contributed by atoms with Gasteiger partial charge in [0.2, 0.25) is 5.91 Å². The quantitative estimate of drug-likeness (QED) is 0.829. The summed E-state index contributed by atoms with van der Waals surface area (Å²) in [5.41, 5.74) is 1.40. The molecule has 0 atom stereocenters. The van der Waals surface area contributed by atoms with Gasteiger partial charge in [-0.15, -0.1) is 0 Å². The molecule has 0 aliphatic carbocycles. The molecule has 138 valence electrons. The van der Waals surface area contributed by atoms with Crippen molar-refractivity contribution in [2.24, 2.45) is 0 Å². The van der Waals surface area contributed by atoms with Gasteiger partial charge in [-0.1, -0.05) is 17.7 Å². The van der Waals surface area contributed by atoms with Crippen molar-refractivity contribution in [2.45, 2.75) is 32.7 Å². The third-order valence-corrected chi connectivity index (χ3v) is 3.73. The molecule has 0 heterocycles. The first-order chi connectivity index (χ1) is 12.2. The van der Waals surface area contributed by atoms with Crippen LogP contribution in [-0.2, 0) is 11.2 Å². The molecule has 0 aliphatic rings. The second-order valence-corrected chi connectivity index (χ2v) is 7.40. The van der Waals surface area contributed by atoms with Crippen LogP contribution in [-0.4, -0.2) is 24.5 Å². The average molecular weight is 375 g/mol. The van der Waals surface area contributed by atoms with Gasteiger partial charge in [0.1, 0.15) is 5.75 Å². The molecular formula is C20H23ClN2O3. The number of hydrogen-bond acceptors (Lipinski definition) is 3. The minimum Gasteiger partial charge on any atom is -0.496 e. The van der Waals surface area contributed by atoms with E-state index < -0.39 is 0 Å². The Balaban J connectivity index is 2.09. The minimum absolute atomic E-state index is 0.113. The molecule has 2 aromatic rings. The Kier molecular flexibility index (Phi) is 6.27. The van der Waals surface area contributed by atoms with Crippen LogP contribution < -0.4 is 15.4 Å². The lowest BCUT2D eigenvalue weighted by Gasteiger charge is -2.20. The van der Waals surface area contributed by atoms with Crippen molar-refractivity contribution in [3.8, 4) is 5.75 Å². The van der Waals surface area contributed by atoms with Crippen molar-refractivity contribution in [3.63, 3.8) is 0 Å². The Morgan fingerprint density at radius 1 is 1.12 bits per heavy atom. The molecular weight excluding hydrogens is 352 g/mol. The molecule has 0 spiro atoms. The number of halogens is 1. The average Bonchev–Trinajstić information content (AvgIpc) is 2.53. The molecule has 0 saturated heterocycles. The van der Waals surface area contributed by atoms with Crippen molar-refractivity contribution in [1.29, 1.82) is 0 Å². The van der Waals surface area contributed by atoms with E-state index in [1.165, 1.54) is 0 Å². The summed E-state index contributed by atoms with van der Waals surface area (Å²) in [6.07, 6.45) is 0.113. The number of nitrogens with one attached hydrogen (secondary N) is 2. The second-order valence-electron chi connectivity index (χ2n) is 6.97. The summed E-state index contributed by atoms with van der Waals surface area (Å²) in [4.78, 5) is 24.6. The van der Waals surface area contributed by atoms with Gasteiger partial charge in [-0.2, -0.15) is 0 Å². The van der Waals surface area contributed by atoms with Crippen LogP contribution in [0.5, 0.6) is 5.75 Å². The number of amides is 2. The molecule has 2 N–H and O–H groups in total. The van der Waals surface area contributed by atoms with Crippen LogP contribution in [0.3, 0.4) is 0 Å². The lowest BCUT2D eigenvalue weighted by molar-refractivity contribution is -0.115. The van der Waals surface area contributed by atoms with Crippen LogP contribution in [0.15, 0.2) is 42.5 Å². The Morgan fingerprint density at radius 3 is 2.50 bits per heavy atom. The number of anilines is 1. The molecule has 26 heavy (non-hydrogen) atoms. The van der Waals surface area contributed by atoms with Gasteiger partial charge in [-0.05, 0) is 57.2 Å². The fourth-order valence-corrected chi connectivity index (χ4v) is 2.61. The lowest BCUT2D eigenvalue weighted by atomic mass is 10.1. The minimum atomic E-state index is -0.334. The predicted molar refractivity (Wildman–Crippen MR) is 104 cm³/mol. The van der Waals surface area contributed by atoms with Gasteiger partial charge in [-0.25, -0.2) is 0 Å². The summed E-state index contributed by atoms with van der Waals surface area (Å²) < 4.78 is 5.26. The lowest BCUT2D eigenvalue weighted by Crippen LogP contribution is -2.40. The van der Waals surface area contributed by atoms with Crippen LogP contribution in [0.4, 0.5) is 5.69 Å². The van der Waals surface area contributed by atoms with Gasteiger partial charge in [0.05, 0.1) is 13.5 Å². The second kappa shape index (κ2) is 8.23. The number of benzene rings is 2. The van der Waals surface area contributed by atoms with Crippen molar-refractivity contribution in [1.82, 2.24) is 5.32 Å². The van der Waals surface area contributed by atoms with Crippen LogP contribution in [0, 0.1) is 0 Å². The molecule has 0 bridgehead atoms. The van der Waals surface area contributed by atoms with Gasteiger partial charge in [0.15, 0.2) is 0 Å². The van der Waals surface area contributed by atoms with Gasteiger partial charge in [-0.3, -0.25) is 9.59 Å². The van der Waals surface area contributed by atoms with Crippen LogP contribution in [0.25, 0.3) is 0 Å². The molecule has 2 aromatic carbocycles. The number of ether oxygens (including phenoxy) is 1. The molecule has 5 nitrogen and oxygen atoms in total. The van der Waals surface area contributed by atoms with E-state index in [0.29, 0.717) is 27.6 Å². The molecule has 2 amide bonds. The molecule has 0 aromatic heterocycles. The molecule has 6 heteroatoms. The molecule has 2 rings (SSSR count). The zero-order valence-electron chi connectivity index (χ0n) is 15.4. The summed E-state index contributed by atoms with van der Waals surface area (Å²) in [6.45, 7) is 5.73. The fraction of sp³-hybridized carbons (Fsp3) is 0.300. The summed E-state index contributed by atoms with van der Waals surface area (Å²) >= 11 is 5.99. The molecule has 0 aliphatic heterocycles. The Bertz CT molecular complexity index is 813. The number of carbonyl (C=O) groups excluding carboxylic acids is 2. The van der Waals surface area contributed by atoms with Crippen molar-refractivity contribution < 1.29 is 14.3 Å². The summed E-state index contributed by atoms with van der Waals surface area (Å²) in [5.74, 6) is 0.187. The maximum atomic E-state index is 12.4. The van der Waals surface area contributed by atoms with Crippen LogP contribution in [0.1, 0.15) is 36.7 Å². The normalized spacial score (nSPS) is 11.0. The van der Waals surface area contributed by atoms with E-state index in [1.807, 2.05) is 20.8 Å². The van der Waals surface area contributed by atoms with Crippen molar-refractivity contribution >= 4 is 29.1 Å². The highest BCUT2D eigenvalue weighted by molar-refractivity contribution is 6.30. The Hall–Kier alpha value is -2.53. The van der Waals surface area contributed by atoms with Gasteiger partial charge >= 0.3 is 0 Å². The monoisotopic (exact) mass is 374 g/mol. The largest absolute Gasteiger partial charge is 0.496 e. The standard InChI is InChI=1S/C20H23ClN2O3/c1-20(2,3)23-19(25)13-6-5-7-16(11-13)22-18(24)12-14-10-15(21)8-9-17(14)26-4/h5-11H,12H2,1-4H3,(H,22,24)(H,23,25). The van der Waals surface area contributed by atoms with E-state index in [1.54, 1.807) is 49.6 Å². The predicted octanol–water partition coefficient (Wildman–Crippen LogP) is 4.06. The zero-order chi connectivity index (χ0) is 19.3. The topological polar surface area (TPSA) is 67.4 Å². The first-order valence-corrected chi connectivity index (χ1v) is 8.60. The van der Waals surface area contributed by atoms with Crippen LogP contribution >= 0.6 is 11.6 Å². The highest BCUT2D eigenvalue weighted by Gasteiger charge is 2.16. The number of rotatable bonds is 5. The van der Waals surface area contributed by atoms with Crippen LogP contribution in [0.2, 0.25) is 5.02 Å². The number of methoxy groups -OCH3 is 1. The van der Waals surface area contributed by atoms with E-state index in [4.69, 9.17) is 16.3 Å². The van der Waals surface area contributed by atoms with E-state index in [0.717, 1.165) is 0 Å². The SMILES string of the molecule is COc1ccc(Cl)cc1CC(=O)Nc1cccc(C(=O)NC(C)(C)C)c1. The Labute approximate surface area is 158 Å². The highest BCUT2D eigenvalue weighted by Crippen LogP contribution is 2.23. The smallest absolute Gasteiger partial charge is 0.251 e. The first kappa shape index (κ1) is 19.8. The molecule has 0 saturated carbocycles. The maximum Gasteiger partial charge on any atom is 0.251 e. The van der Waals surface area contributed by atoms with E-state index in [2.05, 4.69) is 10.6 Å². The Morgan fingerprint density at radius 2 is 1.85 bits per heavy atom. The third kappa shape index (κ3) is 5.77. The van der Waals surface area contributed by atoms with Gasteiger partial charge in [0.25, 0.3) is 5.91 Å². The molecule has 0 unspecified atom stereocenters. The van der Waals surface area contributed by atoms with Gasteiger partial charge in [0, 0.05) is 27.4 Å². The number of carbonyl (C=O) groups is 2. The number of hydrogen-bond donors (Lipinski definition) is 2. The van der Waals surface area contributed by atoms with Gasteiger partial charge < -0.3 is 15.4 Å². The molecule has 0 radical (unpaired) electrons. The summed E-state index contributed by atoms with van der Waals surface area (Å²) in [5, 5.41) is 6.23. The van der Waals surface area contributed by atoms with E-state index in [9.17, 15) is 9.59 Å². The van der Waals surface area contributed by atoms with E-state index >= 15 is 0 Å².